The maximum absolute atomic E-state index is 12.9. The average molecular weight is 703 g/mol. The molecule has 0 heterocycles. The number of carboxylic acid groups (broad SMARTS) is 3. The quantitative estimate of drug-likeness (QED) is 0.0479. The molecule has 0 radical (unpaired) electrons. The van der Waals surface area contributed by atoms with Gasteiger partial charge in [-0.25, -0.2) is 0 Å². The van der Waals surface area contributed by atoms with Gasteiger partial charge < -0.3 is 58.7 Å². The number of aliphatic carboxylic acids is 3. The van der Waals surface area contributed by atoms with Crippen LogP contribution in [0.15, 0.2) is 0 Å². The van der Waals surface area contributed by atoms with Gasteiger partial charge in [-0.1, -0.05) is 13.8 Å². The van der Waals surface area contributed by atoms with Gasteiger partial charge in [-0.2, -0.15) is 0 Å². The topological polar surface area (TPSA) is 356 Å². The monoisotopic (exact) mass is 702 g/mol. The third-order valence-corrected chi connectivity index (χ3v) is 6.51. The number of rotatable bonds is 23. The van der Waals surface area contributed by atoms with Crippen molar-refractivity contribution in [3.63, 3.8) is 0 Å². The molecule has 13 N–H and O–H groups in total. The Morgan fingerprint density at radius 3 is 1.55 bits per heavy atom. The van der Waals surface area contributed by atoms with Crippen molar-refractivity contribution in [2.45, 2.75) is 102 Å². The van der Waals surface area contributed by atoms with Gasteiger partial charge in [0.25, 0.3) is 0 Å². The largest absolute Gasteiger partial charge is 0.481 e. The Morgan fingerprint density at radius 1 is 0.571 bits per heavy atom. The van der Waals surface area contributed by atoms with E-state index in [0.29, 0.717) is 0 Å². The average Bonchev–Trinajstić information content (AvgIpc) is 2.96. The van der Waals surface area contributed by atoms with Crippen molar-refractivity contribution in [1.82, 2.24) is 31.9 Å². The van der Waals surface area contributed by atoms with Gasteiger partial charge in [0.05, 0.1) is 18.9 Å². The number of hydrogen-bond donors (Lipinski definition) is 11. The molecule has 0 bridgehead atoms. The lowest BCUT2D eigenvalue weighted by Gasteiger charge is -2.25. The van der Waals surface area contributed by atoms with Gasteiger partial charge in [-0.3, -0.25) is 47.9 Å². The molecule has 0 aliphatic carbocycles. The smallest absolute Gasteiger partial charge is 0.305 e. The second-order valence-corrected chi connectivity index (χ2v) is 11.5. The van der Waals surface area contributed by atoms with Gasteiger partial charge in [0.15, 0.2) is 0 Å². The first-order valence-corrected chi connectivity index (χ1v) is 15.1. The van der Waals surface area contributed by atoms with Gasteiger partial charge >= 0.3 is 17.9 Å². The lowest BCUT2D eigenvalue weighted by Crippen LogP contribution is -2.57. The highest BCUT2D eigenvalue weighted by Crippen LogP contribution is 2.07. The Bertz CT molecular complexity index is 1260. The summed E-state index contributed by atoms with van der Waals surface area (Å²) in [7, 11) is 0. The van der Waals surface area contributed by atoms with Crippen LogP contribution in [0.2, 0.25) is 0 Å². The second-order valence-electron chi connectivity index (χ2n) is 11.5. The zero-order valence-electron chi connectivity index (χ0n) is 27.6. The van der Waals surface area contributed by atoms with E-state index in [1.54, 1.807) is 13.8 Å². The highest BCUT2D eigenvalue weighted by molar-refractivity contribution is 5.96. The molecule has 49 heavy (non-hydrogen) atoms. The van der Waals surface area contributed by atoms with Crippen molar-refractivity contribution in [3.05, 3.63) is 0 Å². The number of amides is 7. The summed E-state index contributed by atoms with van der Waals surface area (Å²) in [6.07, 6.45) is -3.08. The molecule has 0 unspecified atom stereocenters. The molecule has 0 aliphatic heterocycles. The van der Waals surface area contributed by atoms with Crippen LogP contribution in [0.1, 0.15) is 66.2 Å². The normalized spacial score (nSPS) is 14.4. The van der Waals surface area contributed by atoms with E-state index >= 15 is 0 Å². The number of carbonyl (C=O) groups excluding carboxylic acids is 7. The Kier molecular flexibility index (Phi) is 19.2. The van der Waals surface area contributed by atoms with E-state index in [-0.39, 0.29) is 18.9 Å². The molecular weight excluding hydrogens is 656 g/mol. The summed E-state index contributed by atoms with van der Waals surface area (Å²) in [5.74, 6) is -10.8. The fourth-order valence-corrected chi connectivity index (χ4v) is 3.97. The zero-order valence-corrected chi connectivity index (χ0v) is 27.6. The minimum Gasteiger partial charge on any atom is -0.481 e. The summed E-state index contributed by atoms with van der Waals surface area (Å²) in [4.78, 5) is 120. The fourth-order valence-electron chi connectivity index (χ4n) is 3.97. The molecule has 0 aromatic rings. The minimum absolute atomic E-state index is 0.0903. The SMILES string of the molecule is CC(C)C[C@H](NC(=O)[C@@H](C)N)C(=O)N[C@H](CC(=O)O)C(=O)N[C@@H](C)C(=O)NCCC(=O)N[C@H](CCC(=O)O)C(=O)N[C@@H](CC(=O)O)C(N)=O. The van der Waals surface area contributed by atoms with Crippen molar-refractivity contribution in [3.8, 4) is 0 Å². The molecule has 0 saturated carbocycles. The highest BCUT2D eigenvalue weighted by Gasteiger charge is 2.31. The predicted octanol–water partition coefficient (Wildman–Crippen LogP) is -4.37. The van der Waals surface area contributed by atoms with E-state index in [1.807, 2.05) is 5.32 Å². The van der Waals surface area contributed by atoms with Crippen LogP contribution in [0.5, 0.6) is 0 Å². The van der Waals surface area contributed by atoms with Crippen molar-refractivity contribution in [2.24, 2.45) is 17.4 Å². The minimum atomic E-state index is -1.65. The fraction of sp³-hybridized carbons (Fsp3) is 0.643. The standard InChI is InChI=1S/C28H46N8O13/c1-12(2)9-17(35-24(45)13(3)29)28(49)36-18(11-22(42)43)27(48)32-14(4)25(46)31-8-7-19(37)33-15(5-6-20(38)39)26(47)34-16(23(30)44)10-21(40)41/h12-18H,5-11,29H2,1-4H3,(H2,30,44)(H,31,46)(H,32,48)(H,33,37)(H,34,47)(H,35,45)(H,36,49)(H,38,39)(H,40,41)(H,42,43)/t13-,14+,15-,16+,17+,18-/m1/s1. The molecule has 21 heteroatoms. The Balaban J connectivity index is 5.34. The molecule has 0 saturated heterocycles. The first-order valence-electron chi connectivity index (χ1n) is 15.1. The number of nitrogens with one attached hydrogen (secondary N) is 6. The number of hydrogen-bond acceptors (Lipinski definition) is 11. The maximum atomic E-state index is 12.9. The molecule has 0 spiro atoms. The van der Waals surface area contributed by atoms with Crippen LogP contribution in [-0.2, 0) is 47.9 Å². The number of primary amides is 1. The summed E-state index contributed by atoms with van der Waals surface area (Å²) in [5.41, 5.74) is 10.6. The summed E-state index contributed by atoms with van der Waals surface area (Å²) >= 11 is 0. The second kappa shape index (κ2) is 21.5. The molecule has 0 aliphatic rings. The van der Waals surface area contributed by atoms with Crippen LogP contribution in [0.3, 0.4) is 0 Å². The lowest BCUT2D eigenvalue weighted by atomic mass is 10.0. The van der Waals surface area contributed by atoms with Gasteiger partial charge in [-0.05, 0) is 32.6 Å². The number of carboxylic acids is 3. The van der Waals surface area contributed by atoms with Crippen LogP contribution in [0.4, 0.5) is 0 Å². The highest BCUT2D eigenvalue weighted by atomic mass is 16.4. The van der Waals surface area contributed by atoms with Crippen molar-refractivity contribution in [2.75, 3.05) is 6.54 Å². The van der Waals surface area contributed by atoms with E-state index < -0.39 is 128 Å². The number of nitrogens with two attached hydrogens (primary N) is 2. The molecule has 7 amide bonds. The molecule has 0 fully saturated rings. The van der Waals surface area contributed by atoms with Crippen LogP contribution in [-0.4, -0.2) is 117 Å². The van der Waals surface area contributed by atoms with Crippen LogP contribution in [0.25, 0.3) is 0 Å². The van der Waals surface area contributed by atoms with Crippen LogP contribution in [0, 0.1) is 5.92 Å². The van der Waals surface area contributed by atoms with E-state index in [4.69, 9.17) is 21.7 Å². The molecule has 0 aromatic heterocycles. The van der Waals surface area contributed by atoms with E-state index in [9.17, 15) is 53.1 Å². The third-order valence-electron chi connectivity index (χ3n) is 6.51. The molecule has 0 rings (SSSR count). The van der Waals surface area contributed by atoms with E-state index in [2.05, 4.69) is 26.6 Å². The summed E-state index contributed by atoms with van der Waals surface area (Å²) in [5, 5.41) is 40.7. The lowest BCUT2D eigenvalue weighted by molar-refractivity contribution is -0.142. The molecule has 6 atom stereocenters. The van der Waals surface area contributed by atoms with Crippen LogP contribution >= 0.6 is 0 Å². The van der Waals surface area contributed by atoms with E-state index in [1.165, 1.54) is 13.8 Å². The van der Waals surface area contributed by atoms with Gasteiger partial charge in [0.2, 0.25) is 41.4 Å². The third kappa shape index (κ3) is 18.6. The zero-order chi connectivity index (χ0) is 38.0. The molecular formula is C28H46N8O13. The van der Waals surface area contributed by atoms with Crippen molar-refractivity contribution < 1.29 is 63.3 Å². The molecule has 276 valence electrons. The van der Waals surface area contributed by atoms with Gasteiger partial charge in [0, 0.05) is 19.4 Å². The first-order chi connectivity index (χ1) is 22.6. The summed E-state index contributed by atoms with van der Waals surface area (Å²) in [6, 6.07) is -8.19. The van der Waals surface area contributed by atoms with Gasteiger partial charge in [-0.15, -0.1) is 0 Å². The summed E-state index contributed by atoms with van der Waals surface area (Å²) < 4.78 is 0. The van der Waals surface area contributed by atoms with Crippen LogP contribution < -0.4 is 43.4 Å². The Labute approximate surface area is 281 Å². The molecule has 0 aromatic carbocycles. The van der Waals surface area contributed by atoms with Gasteiger partial charge in [0.1, 0.15) is 30.2 Å². The number of carbonyl (C=O) groups is 10. The van der Waals surface area contributed by atoms with Crippen molar-refractivity contribution >= 4 is 59.3 Å². The van der Waals surface area contributed by atoms with E-state index in [0.717, 1.165) is 0 Å². The maximum Gasteiger partial charge on any atom is 0.305 e. The summed E-state index contributed by atoms with van der Waals surface area (Å²) in [6.45, 7) is 5.81. The predicted molar refractivity (Wildman–Crippen MR) is 167 cm³/mol. The first kappa shape index (κ1) is 43.7. The Morgan fingerprint density at radius 2 is 1.06 bits per heavy atom. The Hall–Kier alpha value is -5.34. The van der Waals surface area contributed by atoms with Crippen molar-refractivity contribution in [1.29, 1.82) is 0 Å². The molecule has 21 nitrogen and oxygen atoms in total.